The summed E-state index contributed by atoms with van der Waals surface area (Å²) in [5.41, 5.74) is 1.87. The van der Waals surface area contributed by atoms with Crippen LogP contribution in [0.3, 0.4) is 0 Å². The van der Waals surface area contributed by atoms with E-state index in [-0.39, 0.29) is 24.6 Å². The van der Waals surface area contributed by atoms with Crippen molar-refractivity contribution >= 4 is 17.7 Å². The molecule has 1 fully saturated rings. The number of piperazine rings is 1. The van der Waals surface area contributed by atoms with Crippen molar-refractivity contribution in [2.75, 3.05) is 44.4 Å². The Hall–Kier alpha value is -3.78. The summed E-state index contributed by atoms with van der Waals surface area (Å²) in [6.45, 7) is 3.85. The number of benzene rings is 2. The first-order valence-corrected chi connectivity index (χ1v) is 11.3. The van der Waals surface area contributed by atoms with E-state index in [0.717, 1.165) is 43.2 Å². The summed E-state index contributed by atoms with van der Waals surface area (Å²) < 4.78 is 29.6. The Bertz CT molecular complexity index is 1140. The van der Waals surface area contributed by atoms with E-state index in [2.05, 4.69) is 15.1 Å². The topological polar surface area (TPSA) is 67.2 Å². The fourth-order valence-electron chi connectivity index (χ4n) is 4.28. The number of halogens is 1. The summed E-state index contributed by atoms with van der Waals surface area (Å²) in [5, 5.41) is 3.00. The molecule has 3 aromatic rings. The molecule has 8 heteroatoms. The molecule has 1 unspecified atom stereocenters. The highest BCUT2D eigenvalue weighted by Crippen LogP contribution is 2.32. The minimum Gasteiger partial charge on any atom is -0.468 e. The van der Waals surface area contributed by atoms with Gasteiger partial charge in [0.2, 0.25) is 12.7 Å². The molecule has 1 amide bonds. The molecule has 3 heterocycles. The Morgan fingerprint density at radius 2 is 1.82 bits per heavy atom. The molecule has 2 aliphatic heterocycles. The van der Waals surface area contributed by atoms with Crippen LogP contribution in [-0.4, -0.2) is 50.3 Å². The first-order valence-electron chi connectivity index (χ1n) is 11.3. The van der Waals surface area contributed by atoms with Crippen LogP contribution in [0, 0.1) is 5.82 Å². The third-order valence-corrected chi connectivity index (χ3v) is 6.11. The molecule has 0 saturated carbocycles. The van der Waals surface area contributed by atoms with E-state index in [1.807, 2.05) is 42.5 Å². The number of rotatable bonds is 7. The van der Waals surface area contributed by atoms with Crippen LogP contribution < -0.4 is 19.7 Å². The van der Waals surface area contributed by atoms with Gasteiger partial charge in [0, 0.05) is 44.5 Å². The molecule has 176 valence electrons. The van der Waals surface area contributed by atoms with Gasteiger partial charge < -0.3 is 24.1 Å². The molecule has 0 spiro atoms. The van der Waals surface area contributed by atoms with Crippen LogP contribution in [0.2, 0.25) is 0 Å². The third-order valence-electron chi connectivity index (χ3n) is 6.11. The number of anilines is 1. The average molecular weight is 464 g/mol. The second-order valence-corrected chi connectivity index (χ2v) is 8.22. The van der Waals surface area contributed by atoms with Crippen molar-refractivity contribution in [2.24, 2.45) is 0 Å². The van der Waals surface area contributed by atoms with Crippen molar-refractivity contribution in [3.63, 3.8) is 0 Å². The Kier molecular flexibility index (Phi) is 6.49. The molecule has 1 aromatic heterocycles. The summed E-state index contributed by atoms with van der Waals surface area (Å²) in [5.74, 6) is 1.79. The van der Waals surface area contributed by atoms with Gasteiger partial charge in [-0.15, -0.1) is 0 Å². The monoisotopic (exact) mass is 463 g/mol. The van der Waals surface area contributed by atoms with E-state index < -0.39 is 0 Å². The molecule has 1 atom stereocenters. The molecule has 2 aromatic carbocycles. The average Bonchev–Trinajstić information content (AvgIpc) is 3.56. The van der Waals surface area contributed by atoms with Crippen molar-refractivity contribution < 1.29 is 23.1 Å². The standard InChI is InChI=1S/C26H26FN3O4/c27-20-5-7-21(8-6-20)29-11-13-30(14-12-29)22(23-2-1-15-32-23)17-28-26(31)10-4-19-3-9-24-25(16-19)34-18-33-24/h1-10,15-16,22H,11-14,17-18H2,(H,28,31)/b10-4+. The maximum Gasteiger partial charge on any atom is 0.244 e. The van der Waals surface area contributed by atoms with Crippen LogP contribution >= 0.6 is 0 Å². The number of hydrogen-bond donors (Lipinski definition) is 1. The molecular formula is C26H26FN3O4. The number of furan rings is 1. The fraction of sp³-hybridized carbons (Fsp3) is 0.269. The maximum absolute atomic E-state index is 13.2. The first kappa shape index (κ1) is 22.0. The molecule has 0 bridgehead atoms. The van der Waals surface area contributed by atoms with Gasteiger partial charge in [0.15, 0.2) is 11.5 Å². The summed E-state index contributed by atoms with van der Waals surface area (Å²) >= 11 is 0. The van der Waals surface area contributed by atoms with Gasteiger partial charge in [-0.3, -0.25) is 9.69 Å². The molecule has 34 heavy (non-hydrogen) atoms. The fourth-order valence-corrected chi connectivity index (χ4v) is 4.28. The number of carbonyl (C=O) groups excluding carboxylic acids is 1. The van der Waals surface area contributed by atoms with Crippen molar-refractivity contribution in [2.45, 2.75) is 6.04 Å². The summed E-state index contributed by atoms with van der Waals surface area (Å²) in [4.78, 5) is 17.1. The lowest BCUT2D eigenvalue weighted by Crippen LogP contribution is -2.49. The minimum absolute atomic E-state index is 0.0757. The van der Waals surface area contributed by atoms with Gasteiger partial charge in [0.05, 0.1) is 12.3 Å². The maximum atomic E-state index is 13.2. The summed E-state index contributed by atoms with van der Waals surface area (Å²) in [6, 6.07) is 15.9. The lowest BCUT2D eigenvalue weighted by molar-refractivity contribution is -0.116. The highest BCUT2D eigenvalue weighted by Gasteiger charge is 2.27. The SMILES string of the molecule is O=C(/C=C/c1ccc2c(c1)OCO2)NCC(c1ccco1)N1CCN(c2ccc(F)cc2)CC1. The largest absolute Gasteiger partial charge is 0.468 e. The minimum atomic E-state index is -0.233. The Morgan fingerprint density at radius 3 is 2.59 bits per heavy atom. The second-order valence-electron chi connectivity index (χ2n) is 8.22. The van der Waals surface area contributed by atoms with Gasteiger partial charge in [-0.1, -0.05) is 6.07 Å². The van der Waals surface area contributed by atoms with Crippen molar-refractivity contribution in [3.8, 4) is 11.5 Å². The van der Waals surface area contributed by atoms with Crippen LogP contribution in [0.4, 0.5) is 10.1 Å². The predicted octanol–water partition coefficient (Wildman–Crippen LogP) is 3.84. The zero-order valence-corrected chi connectivity index (χ0v) is 18.7. The number of amides is 1. The van der Waals surface area contributed by atoms with Gasteiger partial charge in [0.25, 0.3) is 0 Å². The highest BCUT2D eigenvalue weighted by molar-refractivity contribution is 5.91. The molecule has 7 nitrogen and oxygen atoms in total. The zero-order valence-electron chi connectivity index (χ0n) is 18.7. The van der Waals surface area contributed by atoms with E-state index in [0.29, 0.717) is 18.0 Å². The zero-order chi connectivity index (χ0) is 23.3. The molecule has 5 rings (SSSR count). The van der Waals surface area contributed by atoms with Gasteiger partial charge in [-0.2, -0.15) is 0 Å². The Balaban J connectivity index is 1.19. The number of nitrogens with one attached hydrogen (secondary N) is 1. The smallest absolute Gasteiger partial charge is 0.244 e. The lowest BCUT2D eigenvalue weighted by atomic mass is 10.1. The Morgan fingerprint density at radius 1 is 1.03 bits per heavy atom. The van der Waals surface area contributed by atoms with Gasteiger partial charge in [-0.25, -0.2) is 4.39 Å². The second kappa shape index (κ2) is 10.0. The first-order chi connectivity index (χ1) is 16.7. The summed E-state index contributed by atoms with van der Waals surface area (Å²) in [7, 11) is 0. The van der Waals surface area contributed by atoms with Crippen LogP contribution in [0.5, 0.6) is 11.5 Å². The van der Waals surface area contributed by atoms with Crippen molar-refractivity contribution in [3.05, 3.63) is 84.1 Å². The molecule has 0 radical (unpaired) electrons. The van der Waals surface area contributed by atoms with Gasteiger partial charge in [-0.05, 0) is 60.2 Å². The number of hydrogen-bond acceptors (Lipinski definition) is 6. The van der Waals surface area contributed by atoms with Crippen LogP contribution in [-0.2, 0) is 4.79 Å². The van der Waals surface area contributed by atoms with Crippen LogP contribution in [0.15, 0.2) is 71.4 Å². The van der Waals surface area contributed by atoms with Gasteiger partial charge >= 0.3 is 0 Å². The molecule has 2 aliphatic rings. The number of fused-ring (bicyclic) bond motifs is 1. The Labute approximate surface area is 197 Å². The van der Waals surface area contributed by atoms with Crippen LogP contribution in [0.1, 0.15) is 17.4 Å². The predicted molar refractivity (Wildman–Crippen MR) is 126 cm³/mol. The molecule has 0 aliphatic carbocycles. The van der Waals surface area contributed by atoms with Crippen molar-refractivity contribution in [1.29, 1.82) is 0 Å². The van der Waals surface area contributed by atoms with Crippen molar-refractivity contribution in [1.82, 2.24) is 10.2 Å². The van der Waals surface area contributed by atoms with Gasteiger partial charge in [0.1, 0.15) is 11.6 Å². The summed E-state index contributed by atoms with van der Waals surface area (Å²) in [6.07, 6.45) is 4.92. The van der Waals surface area contributed by atoms with E-state index >= 15 is 0 Å². The number of nitrogens with zero attached hydrogens (tertiary/aromatic N) is 2. The molecular weight excluding hydrogens is 437 g/mol. The molecule has 1 saturated heterocycles. The number of carbonyl (C=O) groups is 1. The van der Waals surface area contributed by atoms with E-state index in [1.165, 1.54) is 18.2 Å². The van der Waals surface area contributed by atoms with E-state index in [4.69, 9.17) is 13.9 Å². The highest BCUT2D eigenvalue weighted by atomic mass is 19.1. The normalized spacial score (nSPS) is 16.7. The van der Waals surface area contributed by atoms with E-state index in [9.17, 15) is 9.18 Å². The molecule has 1 N–H and O–H groups in total. The van der Waals surface area contributed by atoms with E-state index in [1.54, 1.807) is 12.3 Å². The number of ether oxygens (including phenoxy) is 2. The lowest BCUT2D eigenvalue weighted by Gasteiger charge is -2.39. The quantitative estimate of drug-likeness (QED) is 0.537. The van der Waals surface area contributed by atoms with Crippen LogP contribution in [0.25, 0.3) is 6.08 Å². The third kappa shape index (κ3) is 5.07.